The Morgan fingerprint density at radius 1 is 1.44 bits per heavy atom. The number of aliphatic hydroxyl groups is 1. The van der Waals surface area contributed by atoms with E-state index in [4.69, 9.17) is 5.11 Å². The SMILES string of the molecule is CC(CO)N(C)C(=O)NCc1ccccc1. The maximum atomic E-state index is 11.6. The van der Waals surface area contributed by atoms with Gasteiger partial charge in [-0.1, -0.05) is 30.3 Å². The van der Waals surface area contributed by atoms with E-state index in [1.54, 1.807) is 14.0 Å². The van der Waals surface area contributed by atoms with Crippen LogP contribution in [-0.4, -0.2) is 35.7 Å². The van der Waals surface area contributed by atoms with Crippen LogP contribution in [0.5, 0.6) is 0 Å². The van der Waals surface area contributed by atoms with Crippen molar-refractivity contribution >= 4 is 6.03 Å². The molecule has 0 radical (unpaired) electrons. The van der Waals surface area contributed by atoms with E-state index in [0.29, 0.717) is 6.54 Å². The van der Waals surface area contributed by atoms with Crippen LogP contribution in [0.15, 0.2) is 30.3 Å². The number of likely N-dealkylation sites (N-methyl/N-ethyl adjacent to an activating group) is 1. The fourth-order valence-corrected chi connectivity index (χ4v) is 1.22. The molecule has 1 atom stereocenters. The molecular formula is C12H18N2O2. The van der Waals surface area contributed by atoms with Gasteiger partial charge < -0.3 is 15.3 Å². The number of rotatable bonds is 4. The molecule has 0 spiro atoms. The van der Waals surface area contributed by atoms with Gasteiger partial charge in [0.2, 0.25) is 0 Å². The molecule has 1 aromatic carbocycles. The number of urea groups is 1. The van der Waals surface area contributed by atoms with Crippen LogP contribution in [0, 0.1) is 0 Å². The monoisotopic (exact) mass is 222 g/mol. The van der Waals surface area contributed by atoms with Crippen LogP contribution in [-0.2, 0) is 6.54 Å². The van der Waals surface area contributed by atoms with E-state index in [9.17, 15) is 4.79 Å². The first kappa shape index (κ1) is 12.5. The van der Waals surface area contributed by atoms with Crippen LogP contribution in [0.25, 0.3) is 0 Å². The summed E-state index contributed by atoms with van der Waals surface area (Å²) in [5, 5.41) is 11.7. The van der Waals surface area contributed by atoms with Crippen LogP contribution in [0.1, 0.15) is 12.5 Å². The molecule has 0 aromatic heterocycles. The standard InChI is InChI=1S/C12H18N2O2/c1-10(9-15)14(2)12(16)13-8-11-6-4-3-5-7-11/h3-7,10,15H,8-9H2,1-2H3,(H,13,16). The number of hydrogen-bond donors (Lipinski definition) is 2. The molecule has 4 heteroatoms. The van der Waals surface area contributed by atoms with Gasteiger partial charge in [0.15, 0.2) is 0 Å². The Morgan fingerprint density at radius 3 is 2.62 bits per heavy atom. The van der Waals surface area contributed by atoms with Gasteiger partial charge >= 0.3 is 6.03 Å². The molecule has 0 bridgehead atoms. The second-order valence-corrected chi connectivity index (χ2v) is 3.79. The molecule has 0 saturated carbocycles. The number of nitrogens with zero attached hydrogens (tertiary/aromatic N) is 1. The van der Waals surface area contributed by atoms with Gasteiger partial charge in [0.25, 0.3) is 0 Å². The molecular weight excluding hydrogens is 204 g/mol. The van der Waals surface area contributed by atoms with E-state index in [1.807, 2.05) is 30.3 Å². The Balaban J connectivity index is 2.41. The van der Waals surface area contributed by atoms with Crippen LogP contribution in [0.2, 0.25) is 0 Å². The number of carbonyl (C=O) groups excluding carboxylic acids is 1. The summed E-state index contributed by atoms with van der Waals surface area (Å²) in [5.41, 5.74) is 1.06. The normalized spacial score (nSPS) is 11.9. The van der Waals surface area contributed by atoms with Crippen LogP contribution < -0.4 is 5.32 Å². The third-order valence-electron chi connectivity index (χ3n) is 2.53. The zero-order valence-corrected chi connectivity index (χ0v) is 9.68. The smallest absolute Gasteiger partial charge is 0.317 e. The van der Waals surface area contributed by atoms with Crippen molar-refractivity contribution in [2.75, 3.05) is 13.7 Å². The summed E-state index contributed by atoms with van der Waals surface area (Å²) >= 11 is 0. The van der Waals surface area contributed by atoms with Gasteiger partial charge in [0, 0.05) is 13.6 Å². The Morgan fingerprint density at radius 2 is 2.06 bits per heavy atom. The summed E-state index contributed by atoms with van der Waals surface area (Å²) in [6.45, 7) is 2.26. The lowest BCUT2D eigenvalue weighted by Gasteiger charge is -2.23. The predicted octanol–water partition coefficient (Wildman–Crippen LogP) is 1.21. The first-order chi connectivity index (χ1) is 7.65. The highest BCUT2D eigenvalue weighted by molar-refractivity contribution is 5.74. The fraction of sp³-hybridized carbons (Fsp3) is 0.417. The predicted molar refractivity (Wildman–Crippen MR) is 63.0 cm³/mol. The molecule has 0 heterocycles. The van der Waals surface area contributed by atoms with E-state index in [-0.39, 0.29) is 18.7 Å². The highest BCUT2D eigenvalue weighted by Crippen LogP contribution is 1.99. The lowest BCUT2D eigenvalue weighted by Crippen LogP contribution is -2.43. The lowest BCUT2D eigenvalue weighted by molar-refractivity contribution is 0.157. The van der Waals surface area contributed by atoms with Crippen LogP contribution in [0.4, 0.5) is 4.79 Å². The number of aliphatic hydroxyl groups excluding tert-OH is 1. The number of carbonyl (C=O) groups is 1. The van der Waals surface area contributed by atoms with Crippen molar-refractivity contribution in [2.24, 2.45) is 0 Å². The third kappa shape index (κ3) is 3.55. The number of benzene rings is 1. The van der Waals surface area contributed by atoms with Crippen molar-refractivity contribution in [3.63, 3.8) is 0 Å². The molecule has 4 nitrogen and oxygen atoms in total. The van der Waals surface area contributed by atoms with Crippen molar-refractivity contribution in [3.05, 3.63) is 35.9 Å². The molecule has 0 aliphatic carbocycles. The van der Waals surface area contributed by atoms with E-state index in [0.717, 1.165) is 5.56 Å². The third-order valence-corrected chi connectivity index (χ3v) is 2.53. The molecule has 0 aliphatic rings. The number of hydrogen-bond acceptors (Lipinski definition) is 2. The quantitative estimate of drug-likeness (QED) is 0.804. The Kier molecular flexibility index (Phi) is 4.79. The van der Waals surface area contributed by atoms with E-state index < -0.39 is 0 Å². The topological polar surface area (TPSA) is 52.6 Å². The Labute approximate surface area is 95.9 Å². The van der Waals surface area contributed by atoms with E-state index in [2.05, 4.69) is 5.32 Å². The average Bonchev–Trinajstić information content (AvgIpc) is 2.35. The van der Waals surface area contributed by atoms with Crippen molar-refractivity contribution in [2.45, 2.75) is 19.5 Å². The number of amides is 2. The summed E-state index contributed by atoms with van der Waals surface area (Å²) in [5.74, 6) is 0. The molecule has 1 aromatic rings. The van der Waals surface area contributed by atoms with Crippen LogP contribution in [0.3, 0.4) is 0 Å². The molecule has 2 amide bonds. The van der Waals surface area contributed by atoms with E-state index >= 15 is 0 Å². The van der Waals surface area contributed by atoms with Crippen molar-refractivity contribution in [1.29, 1.82) is 0 Å². The minimum absolute atomic E-state index is 0.0325. The molecule has 1 unspecified atom stereocenters. The zero-order chi connectivity index (χ0) is 12.0. The molecule has 0 fully saturated rings. The molecule has 16 heavy (non-hydrogen) atoms. The van der Waals surface area contributed by atoms with Gasteiger partial charge in [-0.25, -0.2) is 4.79 Å². The average molecular weight is 222 g/mol. The van der Waals surface area contributed by atoms with Gasteiger partial charge in [-0.15, -0.1) is 0 Å². The first-order valence-electron chi connectivity index (χ1n) is 5.30. The van der Waals surface area contributed by atoms with Gasteiger partial charge in [-0.05, 0) is 12.5 Å². The molecule has 88 valence electrons. The summed E-state index contributed by atoms with van der Waals surface area (Å²) in [7, 11) is 1.67. The van der Waals surface area contributed by atoms with E-state index in [1.165, 1.54) is 4.90 Å². The Bertz CT molecular complexity index is 327. The lowest BCUT2D eigenvalue weighted by atomic mass is 10.2. The minimum atomic E-state index is -0.176. The van der Waals surface area contributed by atoms with Gasteiger partial charge in [0.05, 0.1) is 12.6 Å². The molecule has 2 N–H and O–H groups in total. The minimum Gasteiger partial charge on any atom is -0.394 e. The largest absolute Gasteiger partial charge is 0.394 e. The zero-order valence-electron chi connectivity index (χ0n) is 9.68. The van der Waals surface area contributed by atoms with Gasteiger partial charge in [-0.2, -0.15) is 0 Å². The molecule has 1 rings (SSSR count). The fourth-order valence-electron chi connectivity index (χ4n) is 1.22. The van der Waals surface area contributed by atoms with Crippen molar-refractivity contribution in [1.82, 2.24) is 10.2 Å². The highest BCUT2D eigenvalue weighted by atomic mass is 16.3. The highest BCUT2D eigenvalue weighted by Gasteiger charge is 2.13. The molecule has 0 aliphatic heterocycles. The maximum Gasteiger partial charge on any atom is 0.317 e. The van der Waals surface area contributed by atoms with Gasteiger partial charge in [0.1, 0.15) is 0 Å². The Hall–Kier alpha value is -1.55. The summed E-state index contributed by atoms with van der Waals surface area (Å²) < 4.78 is 0. The van der Waals surface area contributed by atoms with Gasteiger partial charge in [-0.3, -0.25) is 0 Å². The number of nitrogens with one attached hydrogen (secondary N) is 1. The summed E-state index contributed by atoms with van der Waals surface area (Å²) in [6, 6.07) is 9.36. The molecule has 0 saturated heterocycles. The maximum absolute atomic E-state index is 11.6. The second-order valence-electron chi connectivity index (χ2n) is 3.79. The first-order valence-corrected chi connectivity index (χ1v) is 5.30. The van der Waals surface area contributed by atoms with Crippen molar-refractivity contribution < 1.29 is 9.90 Å². The second kappa shape index (κ2) is 6.12. The van der Waals surface area contributed by atoms with Crippen molar-refractivity contribution in [3.8, 4) is 0 Å². The van der Waals surface area contributed by atoms with Crippen LogP contribution >= 0.6 is 0 Å². The summed E-state index contributed by atoms with van der Waals surface area (Å²) in [6.07, 6.45) is 0. The summed E-state index contributed by atoms with van der Waals surface area (Å²) in [4.78, 5) is 13.1.